The zero-order valence-electron chi connectivity index (χ0n) is 14.0. The van der Waals surface area contributed by atoms with Gasteiger partial charge in [0.2, 0.25) is 0 Å². The van der Waals surface area contributed by atoms with Crippen LogP contribution in [0.15, 0.2) is 58.4 Å². The molecule has 3 aromatic rings. The summed E-state index contributed by atoms with van der Waals surface area (Å²) < 4.78 is 1.53. The highest BCUT2D eigenvalue weighted by atomic mass is 16.1. The molecule has 0 radical (unpaired) electrons. The summed E-state index contributed by atoms with van der Waals surface area (Å²) in [5.74, 6) is 0. The lowest BCUT2D eigenvalue weighted by atomic mass is 10.2. The predicted molar refractivity (Wildman–Crippen MR) is 98.3 cm³/mol. The van der Waals surface area contributed by atoms with Crippen molar-refractivity contribution in [3.63, 3.8) is 0 Å². The molecule has 0 saturated heterocycles. The van der Waals surface area contributed by atoms with E-state index in [-0.39, 0.29) is 5.56 Å². The minimum atomic E-state index is -0.120. The van der Waals surface area contributed by atoms with Crippen molar-refractivity contribution in [3.05, 3.63) is 81.3 Å². The number of hydrogen-bond donors (Lipinski definition) is 2. The van der Waals surface area contributed by atoms with E-state index < -0.39 is 0 Å². The molecule has 0 amide bonds. The van der Waals surface area contributed by atoms with Crippen LogP contribution in [0.4, 0.5) is 5.69 Å². The zero-order chi connectivity index (χ0) is 17.1. The van der Waals surface area contributed by atoms with Gasteiger partial charge in [-0.3, -0.25) is 15.3 Å². The molecule has 2 aromatic carbocycles. The van der Waals surface area contributed by atoms with Crippen LogP contribution < -0.4 is 11.0 Å². The van der Waals surface area contributed by atoms with E-state index in [1.165, 1.54) is 10.2 Å². The molecular formula is C19H20N4O. The molecule has 0 unspecified atom stereocenters. The SMILES string of the molecule is Cc1ccc(N/N=C/c2c(C)[nH]n(-c3ccc(C)cc3)c2=O)cc1. The van der Waals surface area contributed by atoms with Gasteiger partial charge in [0.1, 0.15) is 0 Å². The van der Waals surface area contributed by atoms with E-state index in [1.807, 2.05) is 69.3 Å². The van der Waals surface area contributed by atoms with Gasteiger partial charge in [-0.05, 0) is 45.0 Å². The quantitative estimate of drug-likeness (QED) is 0.570. The van der Waals surface area contributed by atoms with E-state index in [0.717, 1.165) is 22.6 Å². The van der Waals surface area contributed by atoms with E-state index in [0.29, 0.717) is 5.56 Å². The second kappa shape index (κ2) is 6.58. The average molecular weight is 320 g/mol. The summed E-state index contributed by atoms with van der Waals surface area (Å²) in [7, 11) is 0. The van der Waals surface area contributed by atoms with Crippen LogP contribution in [0, 0.1) is 20.8 Å². The van der Waals surface area contributed by atoms with Gasteiger partial charge in [0.05, 0.1) is 23.2 Å². The number of aromatic nitrogens is 2. The highest BCUT2D eigenvalue weighted by Crippen LogP contribution is 2.10. The Kier molecular flexibility index (Phi) is 4.33. The molecule has 0 atom stereocenters. The summed E-state index contributed by atoms with van der Waals surface area (Å²) in [6, 6.07) is 15.7. The summed E-state index contributed by atoms with van der Waals surface area (Å²) in [4.78, 5) is 12.6. The molecular weight excluding hydrogens is 300 g/mol. The minimum absolute atomic E-state index is 0.120. The van der Waals surface area contributed by atoms with E-state index >= 15 is 0 Å². The Hall–Kier alpha value is -3.08. The first-order valence-corrected chi connectivity index (χ1v) is 7.79. The van der Waals surface area contributed by atoms with Gasteiger partial charge in [-0.2, -0.15) is 5.10 Å². The van der Waals surface area contributed by atoms with Gasteiger partial charge in [-0.1, -0.05) is 35.4 Å². The Morgan fingerprint density at radius 3 is 2.17 bits per heavy atom. The largest absolute Gasteiger partial charge is 0.295 e. The Bertz CT molecular complexity index is 915. The van der Waals surface area contributed by atoms with Gasteiger partial charge in [0, 0.05) is 5.69 Å². The molecule has 5 heteroatoms. The molecule has 3 rings (SSSR count). The van der Waals surface area contributed by atoms with Crippen molar-refractivity contribution in [1.29, 1.82) is 0 Å². The number of hydrogen-bond acceptors (Lipinski definition) is 3. The first-order chi connectivity index (χ1) is 11.5. The van der Waals surface area contributed by atoms with E-state index in [1.54, 1.807) is 6.21 Å². The summed E-state index contributed by atoms with van der Waals surface area (Å²) in [6.07, 6.45) is 1.55. The Morgan fingerprint density at radius 2 is 1.54 bits per heavy atom. The molecule has 1 heterocycles. The normalized spacial score (nSPS) is 11.1. The number of anilines is 1. The van der Waals surface area contributed by atoms with Crippen LogP contribution in [-0.2, 0) is 0 Å². The maximum atomic E-state index is 12.6. The van der Waals surface area contributed by atoms with Gasteiger partial charge in [0.15, 0.2) is 0 Å². The molecule has 0 saturated carbocycles. The lowest BCUT2D eigenvalue weighted by Gasteiger charge is -2.01. The second-order valence-electron chi connectivity index (χ2n) is 5.86. The molecule has 0 fully saturated rings. The van der Waals surface area contributed by atoms with Crippen molar-refractivity contribution in [2.75, 3.05) is 5.43 Å². The Morgan fingerprint density at radius 1 is 0.958 bits per heavy atom. The zero-order valence-corrected chi connectivity index (χ0v) is 14.0. The van der Waals surface area contributed by atoms with Crippen LogP contribution in [0.3, 0.4) is 0 Å². The second-order valence-corrected chi connectivity index (χ2v) is 5.86. The van der Waals surface area contributed by atoms with Gasteiger partial charge < -0.3 is 0 Å². The molecule has 0 spiro atoms. The van der Waals surface area contributed by atoms with E-state index in [9.17, 15) is 4.79 Å². The van der Waals surface area contributed by atoms with Gasteiger partial charge in [0.25, 0.3) is 5.56 Å². The number of benzene rings is 2. The van der Waals surface area contributed by atoms with Crippen LogP contribution in [0.1, 0.15) is 22.4 Å². The third-order valence-electron chi connectivity index (χ3n) is 3.85. The maximum Gasteiger partial charge on any atom is 0.280 e. The summed E-state index contributed by atoms with van der Waals surface area (Å²) >= 11 is 0. The lowest BCUT2D eigenvalue weighted by molar-refractivity contribution is 0.835. The fourth-order valence-corrected chi connectivity index (χ4v) is 2.39. The van der Waals surface area contributed by atoms with E-state index in [4.69, 9.17) is 0 Å². The third-order valence-corrected chi connectivity index (χ3v) is 3.85. The van der Waals surface area contributed by atoms with Crippen molar-refractivity contribution in [1.82, 2.24) is 9.78 Å². The number of nitrogens with zero attached hydrogens (tertiary/aromatic N) is 2. The van der Waals surface area contributed by atoms with Crippen molar-refractivity contribution < 1.29 is 0 Å². The molecule has 5 nitrogen and oxygen atoms in total. The fraction of sp³-hybridized carbons (Fsp3) is 0.158. The van der Waals surface area contributed by atoms with Crippen LogP contribution in [0.25, 0.3) is 5.69 Å². The van der Waals surface area contributed by atoms with Gasteiger partial charge in [-0.15, -0.1) is 0 Å². The molecule has 0 aliphatic heterocycles. The minimum Gasteiger partial charge on any atom is -0.295 e. The molecule has 0 aliphatic rings. The van der Waals surface area contributed by atoms with Crippen molar-refractivity contribution >= 4 is 11.9 Å². The molecule has 24 heavy (non-hydrogen) atoms. The molecule has 0 aliphatic carbocycles. The third kappa shape index (κ3) is 3.30. The molecule has 0 bridgehead atoms. The summed E-state index contributed by atoms with van der Waals surface area (Å²) in [6.45, 7) is 5.91. The first kappa shape index (κ1) is 15.8. The first-order valence-electron chi connectivity index (χ1n) is 7.79. The molecule has 2 N–H and O–H groups in total. The standard InChI is InChI=1S/C19H20N4O/c1-13-4-8-16(9-5-13)21-20-12-18-15(3)22-23(19(18)24)17-10-6-14(2)7-11-17/h4-12,21-22H,1-3H3/b20-12+. The summed E-state index contributed by atoms with van der Waals surface area (Å²) in [5, 5.41) is 7.27. The van der Waals surface area contributed by atoms with Crippen LogP contribution in [0.5, 0.6) is 0 Å². The van der Waals surface area contributed by atoms with Crippen molar-refractivity contribution in [2.45, 2.75) is 20.8 Å². The lowest BCUT2D eigenvalue weighted by Crippen LogP contribution is -2.17. The van der Waals surface area contributed by atoms with Crippen molar-refractivity contribution in [3.8, 4) is 5.69 Å². The van der Waals surface area contributed by atoms with Gasteiger partial charge in [-0.25, -0.2) is 4.68 Å². The number of H-pyrrole nitrogens is 1. The smallest absolute Gasteiger partial charge is 0.280 e. The molecule has 122 valence electrons. The number of nitrogens with one attached hydrogen (secondary N) is 2. The number of hydrazone groups is 1. The predicted octanol–water partition coefficient (Wildman–Crippen LogP) is 3.54. The maximum absolute atomic E-state index is 12.6. The molecule has 1 aromatic heterocycles. The Labute approximate surface area is 140 Å². The monoisotopic (exact) mass is 320 g/mol. The van der Waals surface area contributed by atoms with E-state index in [2.05, 4.69) is 15.6 Å². The highest BCUT2D eigenvalue weighted by Gasteiger charge is 2.10. The topological polar surface area (TPSA) is 62.2 Å². The van der Waals surface area contributed by atoms with Gasteiger partial charge >= 0.3 is 0 Å². The fourth-order valence-electron chi connectivity index (χ4n) is 2.39. The number of rotatable bonds is 4. The number of aryl methyl sites for hydroxylation is 3. The van der Waals surface area contributed by atoms with Crippen LogP contribution in [-0.4, -0.2) is 16.0 Å². The van der Waals surface area contributed by atoms with Crippen LogP contribution in [0.2, 0.25) is 0 Å². The summed E-state index contributed by atoms with van der Waals surface area (Å²) in [5.41, 5.74) is 8.15. The average Bonchev–Trinajstić information content (AvgIpc) is 2.85. The van der Waals surface area contributed by atoms with Crippen LogP contribution >= 0.6 is 0 Å². The highest BCUT2D eigenvalue weighted by molar-refractivity contribution is 5.81. The number of aromatic amines is 1. The van der Waals surface area contributed by atoms with Crippen molar-refractivity contribution in [2.24, 2.45) is 5.10 Å². The Balaban J connectivity index is 1.84.